The van der Waals surface area contributed by atoms with Gasteiger partial charge in [0.05, 0.1) is 0 Å². The number of hydrogen-bond donors (Lipinski definition) is 0. The minimum atomic E-state index is -0.581. The molecule has 4 heteroatoms. The molecule has 37 heavy (non-hydrogen) atoms. The molecular weight excluding hydrogens is 458 g/mol. The van der Waals surface area contributed by atoms with Crippen molar-refractivity contribution in [1.29, 1.82) is 0 Å². The average molecular weight is 522 g/mol. The van der Waals surface area contributed by atoms with E-state index < -0.39 is 5.60 Å². The van der Waals surface area contributed by atoms with E-state index in [0.717, 1.165) is 77.2 Å². The lowest BCUT2D eigenvalue weighted by Crippen LogP contribution is -2.61. The average Bonchev–Trinajstić information content (AvgIpc) is 3.32. The van der Waals surface area contributed by atoms with Crippen molar-refractivity contribution in [2.75, 3.05) is 6.54 Å². The van der Waals surface area contributed by atoms with Crippen molar-refractivity contribution in [2.24, 2.45) is 21.7 Å². The van der Waals surface area contributed by atoms with Gasteiger partial charge in [-0.1, -0.05) is 82.1 Å². The van der Waals surface area contributed by atoms with Gasteiger partial charge in [0.1, 0.15) is 5.60 Å². The molecular formula is C33H63NO3. The van der Waals surface area contributed by atoms with Gasteiger partial charge in [-0.15, -0.1) is 0 Å². The van der Waals surface area contributed by atoms with Gasteiger partial charge >= 0.3 is 5.97 Å². The lowest BCUT2D eigenvalue weighted by atomic mass is 9.48. The number of amides is 1. The third kappa shape index (κ3) is 6.40. The van der Waals surface area contributed by atoms with Crippen LogP contribution in [0.1, 0.15) is 160 Å². The Labute approximate surface area is 231 Å². The molecule has 0 N–H and O–H groups in total. The lowest BCUT2D eigenvalue weighted by molar-refractivity contribution is -0.192. The number of carbonyl (C=O) groups excluding carboxylic acids is 2. The quantitative estimate of drug-likeness (QED) is 0.179. The number of carbonyl (C=O) groups is 2. The highest BCUT2D eigenvalue weighted by molar-refractivity contribution is 5.78. The number of esters is 1. The highest BCUT2D eigenvalue weighted by atomic mass is 16.6. The molecule has 4 nitrogen and oxygen atoms in total. The Morgan fingerprint density at radius 3 is 1.68 bits per heavy atom. The molecule has 218 valence electrons. The summed E-state index contributed by atoms with van der Waals surface area (Å²) in [4.78, 5) is 28.3. The second-order valence-corrected chi connectivity index (χ2v) is 13.0. The Hall–Kier alpha value is -1.06. The van der Waals surface area contributed by atoms with Crippen LogP contribution in [0.4, 0.5) is 0 Å². The zero-order chi connectivity index (χ0) is 28.7. The van der Waals surface area contributed by atoms with Crippen LogP contribution in [0.5, 0.6) is 0 Å². The van der Waals surface area contributed by atoms with Gasteiger partial charge in [0.2, 0.25) is 5.91 Å². The fourth-order valence-electron chi connectivity index (χ4n) is 8.15. The van der Waals surface area contributed by atoms with E-state index in [0.29, 0.717) is 12.3 Å². The summed E-state index contributed by atoms with van der Waals surface area (Å²) < 4.78 is 6.38. The maximum atomic E-state index is 13.4. The Bertz CT molecular complexity index is 728. The first-order valence-corrected chi connectivity index (χ1v) is 15.7. The van der Waals surface area contributed by atoms with Gasteiger partial charge in [-0.25, -0.2) is 0 Å². The van der Waals surface area contributed by atoms with Gasteiger partial charge in [-0.2, -0.15) is 0 Å². The predicted octanol–water partition coefficient (Wildman–Crippen LogP) is 9.34. The van der Waals surface area contributed by atoms with Gasteiger partial charge in [0.15, 0.2) is 0 Å². The summed E-state index contributed by atoms with van der Waals surface area (Å²) in [5, 5.41) is 0. The van der Waals surface area contributed by atoms with Crippen molar-refractivity contribution in [3.63, 3.8) is 0 Å². The number of likely N-dealkylation sites (tertiary alicyclic amines) is 1. The third-order valence-corrected chi connectivity index (χ3v) is 12.1. The summed E-state index contributed by atoms with van der Waals surface area (Å²) in [6.07, 6.45) is 11.7. The largest absolute Gasteiger partial charge is 0.459 e. The summed E-state index contributed by atoms with van der Waals surface area (Å²) in [5.74, 6) is 0.146. The van der Waals surface area contributed by atoms with Crippen LogP contribution in [0.25, 0.3) is 0 Å². The van der Waals surface area contributed by atoms with Crippen molar-refractivity contribution in [1.82, 2.24) is 4.90 Å². The molecule has 0 spiro atoms. The fourth-order valence-corrected chi connectivity index (χ4v) is 8.15. The van der Waals surface area contributed by atoms with Crippen molar-refractivity contribution in [3.05, 3.63) is 0 Å². The molecule has 0 radical (unpaired) electrons. The monoisotopic (exact) mass is 521 g/mol. The standard InChI is InChI=1S/C33H63NO3/c1-13-29(10,14-2)24-27(34-23-21-22-28(34)36)33(19-7,20-8)32(17-5,18-6)25-31(12,37-26(9)35)30(11,15-3)16-4/h27H,13-25H2,1-12H3. The molecule has 0 bridgehead atoms. The summed E-state index contributed by atoms with van der Waals surface area (Å²) in [5.41, 5.74) is -0.644. The third-order valence-electron chi connectivity index (χ3n) is 12.1. The Balaban J connectivity index is 3.94. The maximum Gasteiger partial charge on any atom is 0.303 e. The van der Waals surface area contributed by atoms with Gasteiger partial charge in [-0.3, -0.25) is 9.59 Å². The molecule has 0 aromatic heterocycles. The molecule has 1 fully saturated rings. The van der Waals surface area contributed by atoms with Crippen LogP contribution in [0.3, 0.4) is 0 Å². The van der Waals surface area contributed by atoms with Crippen LogP contribution in [0, 0.1) is 21.7 Å². The highest BCUT2D eigenvalue weighted by Crippen LogP contribution is 2.62. The molecule has 1 aliphatic heterocycles. The smallest absolute Gasteiger partial charge is 0.303 e. The number of hydrogen-bond acceptors (Lipinski definition) is 3. The summed E-state index contributed by atoms with van der Waals surface area (Å²) in [7, 11) is 0. The van der Waals surface area contributed by atoms with Gasteiger partial charge in [0.25, 0.3) is 0 Å². The van der Waals surface area contributed by atoms with Crippen LogP contribution in [0.2, 0.25) is 0 Å². The summed E-state index contributed by atoms with van der Waals surface area (Å²) in [6, 6.07) is 0.193. The van der Waals surface area contributed by atoms with Crippen LogP contribution < -0.4 is 0 Å². The molecule has 0 saturated carbocycles. The van der Waals surface area contributed by atoms with Gasteiger partial charge in [0, 0.05) is 31.3 Å². The van der Waals surface area contributed by atoms with E-state index in [4.69, 9.17) is 4.74 Å². The number of ether oxygens (including phenoxy) is 1. The summed E-state index contributed by atoms with van der Waals surface area (Å²) >= 11 is 0. The van der Waals surface area contributed by atoms with Crippen LogP contribution in [-0.2, 0) is 14.3 Å². The lowest BCUT2D eigenvalue weighted by Gasteiger charge is -2.61. The fraction of sp³-hybridized carbons (Fsp3) is 0.939. The SMILES string of the molecule is CCC(C)(CC)CC(N1CCCC1=O)C(CC)(CC)C(CC)(CC)CC(C)(OC(C)=O)C(C)(CC)CC. The molecule has 1 heterocycles. The zero-order valence-electron chi connectivity index (χ0n) is 26.9. The maximum absolute atomic E-state index is 13.4. The minimum Gasteiger partial charge on any atom is -0.459 e. The van der Waals surface area contributed by atoms with Gasteiger partial charge in [-0.05, 0) is 81.0 Å². The van der Waals surface area contributed by atoms with E-state index in [9.17, 15) is 9.59 Å². The van der Waals surface area contributed by atoms with Crippen molar-refractivity contribution >= 4 is 11.9 Å². The first-order chi connectivity index (χ1) is 17.2. The molecule has 0 aromatic rings. The van der Waals surface area contributed by atoms with Crippen LogP contribution in [-0.4, -0.2) is 35.0 Å². The second-order valence-electron chi connectivity index (χ2n) is 13.0. The zero-order valence-corrected chi connectivity index (χ0v) is 26.9. The Morgan fingerprint density at radius 1 is 0.838 bits per heavy atom. The van der Waals surface area contributed by atoms with Crippen molar-refractivity contribution in [2.45, 2.75) is 172 Å². The van der Waals surface area contributed by atoms with Crippen LogP contribution in [0.15, 0.2) is 0 Å². The van der Waals surface area contributed by atoms with Crippen molar-refractivity contribution < 1.29 is 14.3 Å². The van der Waals surface area contributed by atoms with Gasteiger partial charge < -0.3 is 9.64 Å². The van der Waals surface area contributed by atoms with E-state index in [1.807, 2.05) is 0 Å². The van der Waals surface area contributed by atoms with E-state index in [-0.39, 0.29) is 33.7 Å². The Kier molecular flexibility index (Phi) is 12.2. The van der Waals surface area contributed by atoms with E-state index in [1.54, 1.807) is 6.92 Å². The van der Waals surface area contributed by atoms with Crippen LogP contribution >= 0.6 is 0 Å². The topological polar surface area (TPSA) is 46.6 Å². The first kappa shape index (κ1) is 34.0. The van der Waals surface area contributed by atoms with Crippen molar-refractivity contribution in [3.8, 4) is 0 Å². The minimum absolute atomic E-state index is 0.0636. The predicted molar refractivity (Wildman–Crippen MR) is 158 cm³/mol. The first-order valence-electron chi connectivity index (χ1n) is 15.7. The normalized spacial score (nSPS) is 18.2. The molecule has 1 rings (SSSR count). The summed E-state index contributed by atoms with van der Waals surface area (Å²) in [6.45, 7) is 27.9. The number of nitrogens with zero attached hydrogens (tertiary/aromatic N) is 1. The van der Waals surface area contributed by atoms with E-state index >= 15 is 0 Å². The molecule has 2 unspecified atom stereocenters. The molecule has 0 aliphatic carbocycles. The highest BCUT2D eigenvalue weighted by Gasteiger charge is 2.59. The second kappa shape index (κ2) is 13.3. The van der Waals surface area contributed by atoms with E-state index in [1.165, 1.54) is 0 Å². The van der Waals surface area contributed by atoms with E-state index in [2.05, 4.69) is 81.1 Å². The molecule has 1 aliphatic rings. The molecule has 2 atom stereocenters. The molecule has 0 aromatic carbocycles. The molecule has 1 saturated heterocycles. The number of rotatable bonds is 17. The molecule has 1 amide bonds. The Morgan fingerprint density at radius 2 is 1.35 bits per heavy atom.